The minimum Gasteiger partial charge on any atom is -0.368 e. The van der Waals surface area contributed by atoms with Crippen molar-refractivity contribution in [3.8, 4) is 0 Å². The maximum absolute atomic E-state index is 13.9. The minimum atomic E-state index is -1.48. The van der Waals surface area contributed by atoms with Crippen LogP contribution in [0, 0.1) is 0 Å². The van der Waals surface area contributed by atoms with Gasteiger partial charge in [0.15, 0.2) is 5.44 Å². The number of hydrogen-bond acceptors (Lipinski definition) is 5. The van der Waals surface area contributed by atoms with Gasteiger partial charge >= 0.3 is 0 Å². The lowest BCUT2D eigenvalue weighted by Crippen LogP contribution is -2.60. The molecule has 39 heavy (non-hydrogen) atoms. The second-order valence-corrected chi connectivity index (χ2v) is 11.1. The molecule has 4 aromatic carbocycles. The molecule has 5 nitrogen and oxygen atoms in total. The molecule has 0 bridgehead atoms. The molecule has 202 valence electrons. The van der Waals surface area contributed by atoms with E-state index in [4.69, 9.17) is 18.9 Å². The van der Waals surface area contributed by atoms with Crippen LogP contribution in [0.2, 0.25) is 0 Å². The quantitative estimate of drug-likeness (QED) is 0.223. The highest BCUT2D eigenvalue weighted by Gasteiger charge is 2.49. The van der Waals surface area contributed by atoms with Crippen LogP contribution in [0.1, 0.15) is 23.6 Å². The Kier molecular flexibility index (Phi) is 9.70. The summed E-state index contributed by atoms with van der Waals surface area (Å²) in [6.07, 6.45) is -1.95. The Morgan fingerprint density at radius 3 is 1.41 bits per heavy atom. The Hall–Kier alpha value is -3.13. The highest BCUT2D eigenvalue weighted by molar-refractivity contribution is 7.85. The average Bonchev–Trinajstić information content (AvgIpc) is 3.00. The first-order chi connectivity index (χ1) is 19.2. The summed E-state index contributed by atoms with van der Waals surface area (Å²) in [5, 5.41) is 0. The molecule has 0 radical (unpaired) electrons. The Bertz CT molecular complexity index is 1290. The van der Waals surface area contributed by atoms with E-state index in [-0.39, 0.29) is 6.10 Å². The van der Waals surface area contributed by atoms with Crippen molar-refractivity contribution in [2.24, 2.45) is 0 Å². The first kappa shape index (κ1) is 27.4. The summed E-state index contributed by atoms with van der Waals surface area (Å²) < 4.78 is 39.9. The summed E-state index contributed by atoms with van der Waals surface area (Å²) in [4.78, 5) is 0.688. The molecule has 6 atom stereocenters. The molecule has 1 fully saturated rings. The SMILES string of the molecule is CC1OC(S(=O)c2ccccc2)C(OCc2ccccc2)C(OCc2ccccc2)C1OCc1ccccc1. The van der Waals surface area contributed by atoms with E-state index in [9.17, 15) is 4.21 Å². The molecule has 4 aromatic rings. The summed E-state index contributed by atoms with van der Waals surface area (Å²) in [5.74, 6) is 0. The Morgan fingerprint density at radius 1 is 0.564 bits per heavy atom. The van der Waals surface area contributed by atoms with Gasteiger partial charge in [-0.05, 0) is 35.7 Å². The molecule has 0 amide bonds. The molecule has 1 aliphatic rings. The molecule has 6 unspecified atom stereocenters. The van der Waals surface area contributed by atoms with Crippen molar-refractivity contribution in [3.05, 3.63) is 138 Å². The van der Waals surface area contributed by atoms with Crippen LogP contribution in [0.25, 0.3) is 0 Å². The highest BCUT2D eigenvalue weighted by Crippen LogP contribution is 2.33. The fourth-order valence-corrected chi connectivity index (χ4v) is 6.18. The smallest absolute Gasteiger partial charge is 0.166 e. The van der Waals surface area contributed by atoms with Crippen LogP contribution in [0.4, 0.5) is 0 Å². The molecule has 1 saturated heterocycles. The first-order valence-corrected chi connectivity index (χ1v) is 14.5. The van der Waals surface area contributed by atoms with Crippen LogP contribution in [0.3, 0.4) is 0 Å². The van der Waals surface area contributed by atoms with Crippen molar-refractivity contribution in [1.82, 2.24) is 0 Å². The minimum absolute atomic E-state index is 0.336. The van der Waals surface area contributed by atoms with Gasteiger partial charge in [-0.2, -0.15) is 0 Å². The third kappa shape index (κ3) is 7.29. The lowest BCUT2D eigenvalue weighted by atomic mass is 9.99. The fraction of sp³-hybridized carbons (Fsp3) is 0.273. The van der Waals surface area contributed by atoms with Gasteiger partial charge in [0.1, 0.15) is 18.3 Å². The molecule has 1 aliphatic heterocycles. The second-order valence-electron chi connectivity index (χ2n) is 9.60. The van der Waals surface area contributed by atoms with Crippen LogP contribution < -0.4 is 0 Å². The number of rotatable bonds is 11. The van der Waals surface area contributed by atoms with E-state index in [0.717, 1.165) is 16.7 Å². The maximum atomic E-state index is 13.9. The van der Waals surface area contributed by atoms with Gasteiger partial charge in [0, 0.05) is 4.90 Å². The van der Waals surface area contributed by atoms with E-state index >= 15 is 0 Å². The van der Waals surface area contributed by atoms with Crippen molar-refractivity contribution in [2.75, 3.05) is 0 Å². The molecular formula is C33H34O5S. The molecule has 0 saturated carbocycles. The van der Waals surface area contributed by atoms with Gasteiger partial charge in [0.2, 0.25) is 0 Å². The zero-order chi connectivity index (χ0) is 26.9. The second kappa shape index (κ2) is 13.8. The molecule has 5 rings (SSSR count). The molecular weight excluding hydrogens is 508 g/mol. The topological polar surface area (TPSA) is 54.0 Å². The summed E-state index contributed by atoms with van der Waals surface area (Å²) in [7, 11) is -1.48. The van der Waals surface area contributed by atoms with Gasteiger partial charge in [-0.1, -0.05) is 109 Å². The zero-order valence-electron chi connectivity index (χ0n) is 22.0. The predicted octanol–water partition coefficient (Wildman–Crippen LogP) is 6.30. The van der Waals surface area contributed by atoms with Gasteiger partial charge in [-0.15, -0.1) is 0 Å². The Balaban J connectivity index is 1.45. The van der Waals surface area contributed by atoms with Gasteiger partial charge < -0.3 is 18.9 Å². The van der Waals surface area contributed by atoms with Crippen molar-refractivity contribution in [3.63, 3.8) is 0 Å². The largest absolute Gasteiger partial charge is 0.368 e. The normalized spacial score (nSPS) is 23.8. The molecule has 6 heteroatoms. The molecule has 0 N–H and O–H groups in total. The van der Waals surface area contributed by atoms with Crippen LogP contribution in [-0.4, -0.2) is 34.1 Å². The van der Waals surface area contributed by atoms with Crippen molar-refractivity contribution < 1.29 is 23.2 Å². The Labute approximate surface area is 233 Å². The van der Waals surface area contributed by atoms with Crippen LogP contribution >= 0.6 is 0 Å². The van der Waals surface area contributed by atoms with Gasteiger partial charge in [-0.25, -0.2) is 0 Å². The van der Waals surface area contributed by atoms with E-state index in [1.807, 2.05) is 128 Å². The van der Waals surface area contributed by atoms with Crippen LogP contribution in [0.15, 0.2) is 126 Å². The van der Waals surface area contributed by atoms with Gasteiger partial charge in [0.25, 0.3) is 0 Å². The van der Waals surface area contributed by atoms with E-state index in [2.05, 4.69) is 0 Å². The third-order valence-electron chi connectivity index (χ3n) is 6.77. The standard InChI is InChI=1S/C33H34O5S/c1-25-30(35-22-26-14-6-2-7-15-26)31(36-23-27-16-8-3-9-17-27)32(37-24-28-18-10-4-11-19-28)33(38-25)39(34)29-20-12-5-13-21-29/h2-21,25,30-33H,22-24H2,1H3. The van der Waals surface area contributed by atoms with E-state index in [1.165, 1.54) is 0 Å². The van der Waals surface area contributed by atoms with Gasteiger partial charge in [-0.3, -0.25) is 4.21 Å². The maximum Gasteiger partial charge on any atom is 0.166 e. The molecule has 0 aromatic heterocycles. The van der Waals surface area contributed by atoms with Crippen molar-refractivity contribution in [1.29, 1.82) is 0 Å². The summed E-state index contributed by atoms with van der Waals surface area (Å²) in [5.41, 5.74) is 2.39. The van der Waals surface area contributed by atoms with E-state index in [0.29, 0.717) is 24.7 Å². The lowest BCUT2D eigenvalue weighted by Gasteiger charge is -2.45. The summed E-state index contributed by atoms with van der Waals surface area (Å²) >= 11 is 0. The van der Waals surface area contributed by atoms with Crippen LogP contribution in [0.5, 0.6) is 0 Å². The lowest BCUT2D eigenvalue weighted by molar-refractivity contribution is -0.243. The van der Waals surface area contributed by atoms with Crippen molar-refractivity contribution >= 4 is 10.8 Å². The highest BCUT2D eigenvalue weighted by atomic mass is 32.2. The average molecular weight is 543 g/mol. The third-order valence-corrected chi connectivity index (χ3v) is 8.31. The monoisotopic (exact) mass is 542 g/mol. The first-order valence-electron chi connectivity index (χ1n) is 13.3. The summed E-state index contributed by atoms with van der Waals surface area (Å²) in [6.45, 7) is 3.07. The van der Waals surface area contributed by atoms with Crippen molar-refractivity contribution in [2.45, 2.75) is 61.5 Å². The number of ether oxygens (including phenoxy) is 4. The molecule has 0 spiro atoms. The fourth-order valence-electron chi connectivity index (χ4n) is 4.73. The van der Waals surface area contributed by atoms with Crippen LogP contribution in [-0.2, 0) is 49.6 Å². The molecule has 1 heterocycles. The molecule has 0 aliphatic carbocycles. The summed E-state index contributed by atoms with van der Waals surface area (Å²) in [6, 6.07) is 39.4. The van der Waals surface area contributed by atoms with E-state index in [1.54, 1.807) is 0 Å². The zero-order valence-corrected chi connectivity index (χ0v) is 22.8. The number of benzene rings is 4. The van der Waals surface area contributed by atoms with Gasteiger partial charge in [0.05, 0.1) is 36.7 Å². The number of hydrogen-bond donors (Lipinski definition) is 0. The van der Waals surface area contributed by atoms with E-state index < -0.39 is 34.5 Å². The Morgan fingerprint density at radius 2 is 0.949 bits per heavy atom. The predicted molar refractivity (Wildman–Crippen MR) is 152 cm³/mol.